The molecule has 1 fully saturated rings. The molecule has 0 unspecified atom stereocenters. The summed E-state index contributed by atoms with van der Waals surface area (Å²) in [5.74, 6) is 0.677. The highest BCUT2D eigenvalue weighted by atomic mass is 32.2. The van der Waals surface area contributed by atoms with Gasteiger partial charge < -0.3 is 19.1 Å². The molecule has 3 aromatic carbocycles. The van der Waals surface area contributed by atoms with Gasteiger partial charge in [-0.25, -0.2) is 8.42 Å². The second-order valence-electron chi connectivity index (χ2n) is 9.18. The molecule has 0 bridgehead atoms. The summed E-state index contributed by atoms with van der Waals surface area (Å²) in [7, 11) is -0.831. The number of nitrogens with one attached hydrogen (secondary N) is 1. The molecule has 3 aromatic rings. The first kappa shape index (κ1) is 26.5. The second-order valence-corrected chi connectivity index (χ2v) is 10.8. The van der Waals surface area contributed by atoms with Crippen LogP contribution in [-0.4, -0.2) is 59.2 Å². The SMILES string of the molecule is COC[C@@H]1CN(C(=O)c2cc(C)ccc2C)C[C@H]1Oc1cccc(NS(=O)(=O)c2ccccc2OC)c1. The van der Waals surface area contributed by atoms with Crippen LogP contribution in [0.5, 0.6) is 11.5 Å². The Morgan fingerprint density at radius 1 is 1.00 bits per heavy atom. The van der Waals surface area contributed by atoms with Gasteiger partial charge in [0.2, 0.25) is 0 Å². The third-order valence-corrected chi connectivity index (χ3v) is 7.83. The van der Waals surface area contributed by atoms with Crippen molar-refractivity contribution in [1.82, 2.24) is 4.90 Å². The number of carbonyl (C=O) groups is 1. The zero-order chi connectivity index (χ0) is 26.6. The fraction of sp³-hybridized carbons (Fsp3) is 0.321. The van der Waals surface area contributed by atoms with Crippen molar-refractivity contribution in [1.29, 1.82) is 0 Å². The van der Waals surface area contributed by atoms with Gasteiger partial charge in [0, 0.05) is 31.2 Å². The molecular formula is C28H32N2O6S. The molecule has 0 saturated carbocycles. The minimum atomic E-state index is -3.88. The van der Waals surface area contributed by atoms with E-state index in [-0.39, 0.29) is 28.6 Å². The highest BCUT2D eigenvalue weighted by Gasteiger charge is 2.37. The highest BCUT2D eigenvalue weighted by Crippen LogP contribution is 2.29. The standard InChI is InChI=1S/C28H32N2O6S/c1-19-12-13-20(2)24(14-19)28(31)30-16-21(18-34-3)26(17-30)36-23-9-7-8-22(15-23)29-37(32,33)27-11-6-5-10-25(27)35-4/h5-15,21,26,29H,16-18H2,1-4H3/t21-,26+/m0/s1. The Labute approximate surface area is 218 Å². The largest absolute Gasteiger partial charge is 0.495 e. The van der Waals surface area contributed by atoms with E-state index in [1.165, 1.54) is 13.2 Å². The first-order chi connectivity index (χ1) is 17.7. The summed E-state index contributed by atoms with van der Waals surface area (Å²) >= 11 is 0. The number of hydrogen-bond acceptors (Lipinski definition) is 6. The lowest BCUT2D eigenvalue weighted by Crippen LogP contribution is -2.31. The van der Waals surface area contributed by atoms with Gasteiger partial charge in [0.15, 0.2) is 0 Å². The number of nitrogens with zero attached hydrogens (tertiary/aromatic N) is 1. The van der Waals surface area contributed by atoms with Gasteiger partial charge in [0.05, 0.1) is 25.9 Å². The van der Waals surface area contributed by atoms with E-state index in [9.17, 15) is 13.2 Å². The monoisotopic (exact) mass is 524 g/mol. The number of carbonyl (C=O) groups excluding carboxylic acids is 1. The Kier molecular flexibility index (Phi) is 8.04. The van der Waals surface area contributed by atoms with Crippen molar-refractivity contribution in [2.24, 2.45) is 5.92 Å². The zero-order valence-electron chi connectivity index (χ0n) is 21.4. The number of sulfonamides is 1. The topological polar surface area (TPSA) is 94.2 Å². The average molecular weight is 525 g/mol. The summed E-state index contributed by atoms with van der Waals surface area (Å²) in [5, 5.41) is 0. The fourth-order valence-electron chi connectivity index (χ4n) is 4.51. The molecule has 37 heavy (non-hydrogen) atoms. The highest BCUT2D eigenvalue weighted by molar-refractivity contribution is 7.92. The molecule has 4 rings (SSSR count). The summed E-state index contributed by atoms with van der Waals surface area (Å²) < 4.78 is 45.5. The maximum atomic E-state index is 13.3. The van der Waals surface area contributed by atoms with Crippen molar-refractivity contribution in [2.75, 3.05) is 38.6 Å². The molecule has 0 aliphatic carbocycles. The van der Waals surface area contributed by atoms with Gasteiger partial charge in [-0.05, 0) is 49.7 Å². The first-order valence-corrected chi connectivity index (χ1v) is 13.5. The Morgan fingerprint density at radius 3 is 2.54 bits per heavy atom. The van der Waals surface area contributed by atoms with Crippen LogP contribution in [0, 0.1) is 19.8 Å². The van der Waals surface area contributed by atoms with Gasteiger partial charge in [0.25, 0.3) is 15.9 Å². The fourth-order valence-corrected chi connectivity index (χ4v) is 5.73. The number of amides is 1. The second kappa shape index (κ2) is 11.2. The Balaban J connectivity index is 1.51. The molecule has 2 atom stereocenters. The first-order valence-electron chi connectivity index (χ1n) is 12.0. The van der Waals surface area contributed by atoms with Crippen LogP contribution in [0.25, 0.3) is 0 Å². The van der Waals surface area contributed by atoms with Gasteiger partial charge in [-0.3, -0.25) is 9.52 Å². The molecule has 1 heterocycles. The van der Waals surface area contributed by atoms with Crippen LogP contribution in [0.15, 0.2) is 71.6 Å². The van der Waals surface area contributed by atoms with Crippen LogP contribution in [0.4, 0.5) is 5.69 Å². The molecule has 1 aliphatic rings. The van der Waals surface area contributed by atoms with E-state index in [0.717, 1.165) is 11.1 Å². The number of rotatable bonds is 9. The third kappa shape index (κ3) is 6.06. The molecule has 0 spiro atoms. The van der Waals surface area contributed by atoms with Crippen molar-refractivity contribution in [2.45, 2.75) is 24.8 Å². The van der Waals surface area contributed by atoms with Crippen molar-refractivity contribution >= 4 is 21.6 Å². The van der Waals surface area contributed by atoms with Gasteiger partial charge in [-0.1, -0.05) is 35.9 Å². The smallest absolute Gasteiger partial charge is 0.265 e. The summed E-state index contributed by atoms with van der Waals surface area (Å²) in [5.41, 5.74) is 3.00. The molecule has 196 valence electrons. The number of benzene rings is 3. The minimum absolute atomic E-state index is 0.0343. The average Bonchev–Trinajstić information content (AvgIpc) is 3.27. The van der Waals surface area contributed by atoms with Gasteiger partial charge >= 0.3 is 0 Å². The number of methoxy groups -OCH3 is 2. The van der Waals surface area contributed by atoms with Crippen molar-refractivity contribution in [3.05, 3.63) is 83.4 Å². The number of para-hydroxylation sites is 1. The lowest BCUT2D eigenvalue weighted by Gasteiger charge is -2.20. The zero-order valence-corrected chi connectivity index (χ0v) is 22.2. The number of anilines is 1. The van der Waals surface area contributed by atoms with E-state index in [1.807, 2.05) is 32.0 Å². The molecular weight excluding hydrogens is 492 g/mol. The van der Waals surface area contributed by atoms with Crippen molar-refractivity contribution in [3.63, 3.8) is 0 Å². The van der Waals surface area contributed by atoms with Crippen LogP contribution < -0.4 is 14.2 Å². The Bertz CT molecular complexity index is 1370. The van der Waals surface area contributed by atoms with E-state index < -0.39 is 10.0 Å². The van der Waals surface area contributed by atoms with E-state index >= 15 is 0 Å². The number of hydrogen-bond donors (Lipinski definition) is 1. The summed E-state index contributed by atoms with van der Waals surface area (Å²) in [6.45, 7) is 5.24. The normalized spacial score (nSPS) is 17.5. The van der Waals surface area contributed by atoms with Crippen LogP contribution in [0.3, 0.4) is 0 Å². The van der Waals surface area contributed by atoms with Crippen LogP contribution in [-0.2, 0) is 14.8 Å². The van der Waals surface area contributed by atoms with Crippen molar-refractivity contribution < 1.29 is 27.4 Å². The maximum absolute atomic E-state index is 13.3. The van der Waals surface area contributed by atoms with Crippen LogP contribution in [0.1, 0.15) is 21.5 Å². The number of likely N-dealkylation sites (tertiary alicyclic amines) is 1. The third-order valence-electron chi connectivity index (χ3n) is 6.40. The lowest BCUT2D eigenvalue weighted by atomic mass is 10.0. The molecule has 9 heteroatoms. The lowest BCUT2D eigenvalue weighted by molar-refractivity contribution is 0.0771. The van der Waals surface area contributed by atoms with E-state index in [2.05, 4.69) is 4.72 Å². The van der Waals surface area contributed by atoms with E-state index in [0.29, 0.717) is 36.7 Å². The van der Waals surface area contributed by atoms with Crippen LogP contribution >= 0.6 is 0 Å². The van der Waals surface area contributed by atoms with Gasteiger partial charge in [0.1, 0.15) is 22.5 Å². The molecule has 1 N–H and O–H groups in total. The molecule has 1 aliphatic heterocycles. The Morgan fingerprint density at radius 2 is 1.78 bits per heavy atom. The predicted molar refractivity (Wildman–Crippen MR) is 142 cm³/mol. The quantitative estimate of drug-likeness (QED) is 0.449. The number of ether oxygens (including phenoxy) is 3. The maximum Gasteiger partial charge on any atom is 0.265 e. The molecule has 8 nitrogen and oxygen atoms in total. The Hall–Kier alpha value is -3.56. The van der Waals surface area contributed by atoms with Crippen molar-refractivity contribution in [3.8, 4) is 11.5 Å². The predicted octanol–water partition coefficient (Wildman–Crippen LogP) is 4.28. The molecule has 1 amide bonds. The molecule has 0 radical (unpaired) electrons. The summed E-state index contributed by atoms with van der Waals surface area (Å²) in [6, 6.07) is 19.0. The minimum Gasteiger partial charge on any atom is -0.495 e. The van der Waals surface area contributed by atoms with Crippen LogP contribution in [0.2, 0.25) is 0 Å². The molecule has 1 saturated heterocycles. The van der Waals surface area contributed by atoms with E-state index in [4.69, 9.17) is 14.2 Å². The number of aryl methyl sites for hydroxylation is 2. The van der Waals surface area contributed by atoms with Gasteiger partial charge in [-0.15, -0.1) is 0 Å². The summed E-state index contributed by atoms with van der Waals surface area (Å²) in [6.07, 6.45) is -0.310. The van der Waals surface area contributed by atoms with Gasteiger partial charge in [-0.2, -0.15) is 0 Å². The summed E-state index contributed by atoms with van der Waals surface area (Å²) in [4.78, 5) is 15.1. The van der Waals surface area contributed by atoms with E-state index in [1.54, 1.807) is 54.5 Å². The molecule has 0 aromatic heterocycles.